The molecule has 6 heteroatoms. The average molecular weight is 267 g/mol. The Hall–Kier alpha value is -1.66. The number of rotatable bonds is 8. The summed E-state index contributed by atoms with van der Waals surface area (Å²) in [6.45, 7) is 2.99. The molecule has 0 aliphatic rings. The molecule has 0 saturated heterocycles. The number of amides is 1. The molecule has 0 saturated carbocycles. The van der Waals surface area contributed by atoms with Crippen molar-refractivity contribution in [2.24, 2.45) is 0 Å². The van der Waals surface area contributed by atoms with Crippen LogP contribution in [0.25, 0.3) is 0 Å². The first-order chi connectivity index (χ1) is 9.21. The highest BCUT2D eigenvalue weighted by Gasteiger charge is 2.10. The fourth-order valence-corrected chi connectivity index (χ4v) is 1.69. The van der Waals surface area contributed by atoms with Gasteiger partial charge in [0.05, 0.1) is 12.6 Å². The summed E-state index contributed by atoms with van der Waals surface area (Å²) in [6, 6.07) is 3.47. The van der Waals surface area contributed by atoms with Crippen LogP contribution in [-0.2, 0) is 4.74 Å². The summed E-state index contributed by atoms with van der Waals surface area (Å²) in [6.07, 6.45) is 2.16. The van der Waals surface area contributed by atoms with Crippen molar-refractivity contribution >= 4 is 11.6 Å². The Labute approximate surface area is 113 Å². The Morgan fingerprint density at radius 3 is 3.00 bits per heavy atom. The van der Waals surface area contributed by atoms with Crippen molar-refractivity contribution < 1.29 is 14.6 Å². The Morgan fingerprint density at radius 1 is 1.58 bits per heavy atom. The van der Waals surface area contributed by atoms with E-state index in [1.54, 1.807) is 25.4 Å². The van der Waals surface area contributed by atoms with Crippen LogP contribution in [-0.4, -0.2) is 48.9 Å². The van der Waals surface area contributed by atoms with Crippen LogP contribution in [0, 0.1) is 0 Å². The van der Waals surface area contributed by atoms with E-state index in [0.717, 1.165) is 5.69 Å². The van der Waals surface area contributed by atoms with Crippen molar-refractivity contribution in [1.29, 1.82) is 0 Å². The van der Waals surface area contributed by atoms with Gasteiger partial charge in [0.2, 0.25) is 0 Å². The Kier molecular flexibility index (Phi) is 6.84. The summed E-state index contributed by atoms with van der Waals surface area (Å²) in [7, 11) is 1.61. The second-order valence-corrected chi connectivity index (χ2v) is 4.10. The van der Waals surface area contributed by atoms with Crippen LogP contribution in [0.5, 0.6) is 0 Å². The number of pyridine rings is 1. The van der Waals surface area contributed by atoms with Gasteiger partial charge in [-0.25, -0.2) is 0 Å². The van der Waals surface area contributed by atoms with Crippen LogP contribution < -0.4 is 10.6 Å². The molecule has 0 spiro atoms. The van der Waals surface area contributed by atoms with E-state index in [1.165, 1.54) is 0 Å². The number of nitrogens with zero attached hydrogens (tertiary/aromatic N) is 1. The summed E-state index contributed by atoms with van der Waals surface area (Å²) in [4.78, 5) is 15.7. The van der Waals surface area contributed by atoms with Crippen molar-refractivity contribution in [3.05, 3.63) is 24.0 Å². The third-order valence-electron chi connectivity index (χ3n) is 2.55. The van der Waals surface area contributed by atoms with Crippen molar-refractivity contribution in [3.8, 4) is 0 Å². The molecule has 1 amide bonds. The third-order valence-corrected chi connectivity index (χ3v) is 2.55. The topological polar surface area (TPSA) is 83.5 Å². The van der Waals surface area contributed by atoms with Crippen molar-refractivity contribution in [2.45, 2.75) is 19.4 Å². The van der Waals surface area contributed by atoms with Gasteiger partial charge >= 0.3 is 0 Å². The molecule has 1 rings (SSSR count). The van der Waals surface area contributed by atoms with Gasteiger partial charge in [0, 0.05) is 32.1 Å². The number of carbonyl (C=O) groups is 1. The van der Waals surface area contributed by atoms with E-state index in [4.69, 9.17) is 9.84 Å². The summed E-state index contributed by atoms with van der Waals surface area (Å²) in [5.41, 5.74) is 1.15. The number of ether oxygens (including phenoxy) is 1. The molecular weight excluding hydrogens is 246 g/mol. The van der Waals surface area contributed by atoms with Crippen LogP contribution >= 0.6 is 0 Å². The SMILES string of the molecule is CCNC(=O)c1cc(NC(CCO)COC)ccn1. The van der Waals surface area contributed by atoms with Crippen LogP contribution in [0.4, 0.5) is 5.69 Å². The molecule has 0 aliphatic heterocycles. The summed E-state index contributed by atoms with van der Waals surface area (Å²) >= 11 is 0. The second kappa shape index (κ2) is 8.44. The molecule has 0 fully saturated rings. The minimum Gasteiger partial charge on any atom is -0.396 e. The van der Waals surface area contributed by atoms with E-state index in [9.17, 15) is 4.79 Å². The highest BCUT2D eigenvalue weighted by molar-refractivity contribution is 5.93. The monoisotopic (exact) mass is 267 g/mol. The number of aromatic nitrogens is 1. The van der Waals surface area contributed by atoms with Crippen LogP contribution in [0.1, 0.15) is 23.8 Å². The van der Waals surface area contributed by atoms with Gasteiger partial charge in [-0.2, -0.15) is 0 Å². The normalized spacial score (nSPS) is 11.9. The lowest BCUT2D eigenvalue weighted by atomic mass is 10.2. The van der Waals surface area contributed by atoms with Gasteiger partial charge in [0.15, 0.2) is 0 Å². The van der Waals surface area contributed by atoms with Crippen molar-refractivity contribution in [3.63, 3.8) is 0 Å². The highest BCUT2D eigenvalue weighted by atomic mass is 16.5. The van der Waals surface area contributed by atoms with Crippen molar-refractivity contribution in [1.82, 2.24) is 10.3 Å². The van der Waals surface area contributed by atoms with Gasteiger partial charge in [-0.3, -0.25) is 9.78 Å². The smallest absolute Gasteiger partial charge is 0.269 e. The molecule has 1 unspecified atom stereocenters. The van der Waals surface area contributed by atoms with E-state index in [-0.39, 0.29) is 18.6 Å². The van der Waals surface area contributed by atoms with Crippen LogP contribution in [0.15, 0.2) is 18.3 Å². The molecule has 0 aliphatic carbocycles. The van der Waals surface area contributed by atoms with Gasteiger partial charge in [0.25, 0.3) is 5.91 Å². The van der Waals surface area contributed by atoms with Gasteiger partial charge in [-0.1, -0.05) is 0 Å². The minimum atomic E-state index is -0.198. The molecule has 3 N–H and O–H groups in total. The molecule has 6 nitrogen and oxygen atoms in total. The minimum absolute atomic E-state index is 0.000476. The number of hydrogen-bond acceptors (Lipinski definition) is 5. The Morgan fingerprint density at radius 2 is 2.37 bits per heavy atom. The van der Waals surface area contributed by atoms with Crippen molar-refractivity contribution in [2.75, 3.05) is 32.2 Å². The third kappa shape index (κ3) is 5.23. The number of nitrogens with one attached hydrogen (secondary N) is 2. The molecule has 19 heavy (non-hydrogen) atoms. The molecule has 0 bridgehead atoms. The molecule has 0 aromatic carbocycles. The Bertz CT molecular complexity index is 392. The molecule has 0 radical (unpaired) electrons. The number of carbonyl (C=O) groups excluding carboxylic acids is 1. The first-order valence-electron chi connectivity index (χ1n) is 6.31. The zero-order valence-electron chi connectivity index (χ0n) is 11.3. The van der Waals surface area contributed by atoms with Gasteiger partial charge < -0.3 is 20.5 Å². The van der Waals surface area contributed by atoms with E-state index in [2.05, 4.69) is 15.6 Å². The molecule has 1 atom stereocenters. The Balaban J connectivity index is 2.72. The fourth-order valence-electron chi connectivity index (χ4n) is 1.69. The van der Waals surface area contributed by atoms with Gasteiger partial charge in [0.1, 0.15) is 5.69 Å². The molecular formula is C13H21N3O3. The second-order valence-electron chi connectivity index (χ2n) is 4.10. The predicted octanol–water partition coefficient (Wildman–Crippen LogP) is 0.641. The summed E-state index contributed by atoms with van der Waals surface area (Å²) < 4.78 is 5.08. The van der Waals surface area contributed by atoms with E-state index in [1.807, 2.05) is 6.92 Å². The number of hydrogen-bond donors (Lipinski definition) is 3. The van der Waals surface area contributed by atoms with Crippen LogP contribution in [0.2, 0.25) is 0 Å². The zero-order valence-corrected chi connectivity index (χ0v) is 11.3. The van der Waals surface area contributed by atoms with E-state index >= 15 is 0 Å². The maximum atomic E-state index is 11.7. The number of methoxy groups -OCH3 is 1. The molecule has 1 aromatic heterocycles. The molecule has 106 valence electrons. The van der Waals surface area contributed by atoms with E-state index < -0.39 is 0 Å². The van der Waals surface area contributed by atoms with Gasteiger partial charge in [-0.15, -0.1) is 0 Å². The largest absolute Gasteiger partial charge is 0.396 e. The lowest BCUT2D eigenvalue weighted by Crippen LogP contribution is -2.27. The van der Waals surface area contributed by atoms with E-state index in [0.29, 0.717) is 25.3 Å². The zero-order chi connectivity index (χ0) is 14.1. The fraction of sp³-hybridized carbons (Fsp3) is 0.538. The number of aliphatic hydroxyl groups is 1. The van der Waals surface area contributed by atoms with Gasteiger partial charge in [-0.05, 0) is 25.5 Å². The average Bonchev–Trinajstić information content (AvgIpc) is 2.40. The standard InChI is InChI=1S/C13H21N3O3/c1-3-14-13(18)12-8-10(4-6-15-12)16-11(5-7-17)9-19-2/h4,6,8,11,17H,3,5,7,9H2,1-2H3,(H,14,18)(H,15,16). The maximum Gasteiger partial charge on any atom is 0.269 e. The lowest BCUT2D eigenvalue weighted by molar-refractivity contribution is 0.0951. The quantitative estimate of drug-likeness (QED) is 0.644. The first kappa shape index (κ1) is 15.4. The number of anilines is 1. The van der Waals surface area contributed by atoms with Crippen LogP contribution in [0.3, 0.4) is 0 Å². The highest BCUT2D eigenvalue weighted by Crippen LogP contribution is 2.11. The first-order valence-corrected chi connectivity index (χ1v) is 6.31. The lowest BCUT2D eigenvalue weighted by Gasteiger charge is -2.18. The molecule has 1 aromatic rings. The summed E-state index contributed by atoms with van der Waals surface area (Å²) in [5.74, 6) is -0.198. The maximum absolute atomic E-state index is 11.7. The predicted molar refractivity (Wildman–Crippen MR) is 73.2 cm³/mol. The molecule has 1 heterocycles. The number of aliphatic hydroxyl groups excluding tert-OH is 1. The summed E-state index contributed by atoms with van der Waals surface area (Å²) in [5, 5.41) is 14.9.